The van der Waals surface area contributed by atoms with Gasteiger partial charge < -0.3 is 8.84 Å². The molecule has 0 aliphatic heterocycles. The minimum Gasteiger partial charge on any atom is -0.456 e. The van der Waals surface area contributed by atoms with E-state index in [-0.39, 0.29) is 5.04 Å². The number of carbonyl (C=O) groups excluding carboxylic acids is 1. The van der Waals surface area contributed by atoms with Gasteiger partial charge in [0.1, 0.15) is 5.76 Å². The third-order valence-corrected chi connectivity index (χ3v) is 8.00. The molecule has 0 atom stereocenters. The van der Waals surface area contributed by atoms with Crippen molar-refractivity contribution >= 4 is 14.6 Å². The summed E-state index contributed by atoms with van der Waals surface area (Å²) in [5.41, 5.74) is 0.978. The summed E-state index contributed by atoms with van der Waals surface area (Å²) in [5.74, 6) is 1.13. The van der Waals surface area contributed by atoms with Gasteiger partial charge in [-0.25, -0.2) is 0 Å². The van der Waals surface area contributed by atoms with Gasteiger partial charge in [0.05, 0.1) is 6.61 Å². The summed E-state index contributed by atoms with van der Waals surface area (Å²) in [5, 5.41) is 0.182. The third kappa shape index (κ3) is 3.29. The molecule has 0 amide bonds. The lowest BCUT2D eigenvalue weighted by molar-refractivity contribution is 0.109. The Kier molecular flexibility index (Phi) is 3.99. The van der Waals surface area contributed by atoms with Crippen molar-refractivity contribution in [3.63, 3.8) is 0 Å². The fraction of sp³-hybridized carbons (Fsp3) is 0.615. The molecule has 0 bridgehead atoms. The van der Waals surface area contributed by atoms with Crippen LogP contribution in [0.5, 0.6) is 0 Å². The van der Waals surface area contributed by atoms with Crippen LogP contribution >= 0.6 is 0 Å². The van der Waals surface area contributed by atoms with Gasteiger partial charge >= 0.3 is 0 Å². The number of hydrogen-bond donors (Lipinski definition) is 0. The number of furan rings is 1. The molecule has 96 valence electrons. The van der Waals surface area contributed by atoms with Gasteiger partial charge in [-0.1, -0.05) is 20.8 Å². The van der Waals surface area contributed by atoms with E-state index >= 15 is 0 Å². The maximum absolute atomic E-state index is 10.6. The second kappa shape index (κ2) is 4.78. The van der Waals surface area contributed by atoms with E-state index in [2.05, 4.69) is 33.9 Å². The molecule has 1 heterocycles. The SMILES string of the molecule is Cc1cc(C=O)oc1CO[Si](C)(C)C(C)(C)C. The molecule has 0 saturated heterocycles. The lowest BCUT2D eigenvalue weighted by Gasteiger charge is -2.35. The molecule has 17 heavy (non-hydrogen) atoms. The first-order valence-electron chi connectivity index (χ1n) is 5.86. The third-order valence-electron chi connectivity index (χ3n) is 3.53. The normalized spacial score (nSPS) is 12.8. The fourth-order valence-corrected chi connectivity index (χ4v) is 2.13. The highest BCUT2D eigenvalue weighted by Gasteiger charge is 2.37. The maximum atomic E-state index is 10.6. The molecule has 0 fully saturated rings. The van der Waals surface area contributed by atoms with E-state index in [9.17, 15) is 4.79 Å². The Bertz CT molecular complexity index is 399. The van der Waals surface area contributed by atoms with Crippen LogP contribution in [0.2, 0.25) is 18.1 Å². The molecule has 1 aromatic heterocycles. The van der Waals surface area contributed by atoms with Crippen LogP contribution in [0, 0.1) is 6.92 Å². The Morgan fingerprint density at radius 3 is 2.41 bits per heavy atom. The number of rotatable bonds is 4. The largest absolute Gasteiger partial charge is 0.456 e. The van der Waals surface area contributed by atoms with Crippen molar-refractivity contribution in [2.75, 3.05) is 0 Å². The van der Waals surface area contributed by atoms with Crippen molar-refractivity contribution in [2.45, 2.75) is 52.4 Å². The number of aryl methyl sites for hydroxylation is 1. The summed E-state index contributed by atoms with van der Waals surface area (Å²) in [6.45, 7) is 13.4. The smallest absolute Gasteiger partial charge is 0.192 e. The second-order valence-corrected chi connectivity index (χ2v) is 10.7. The highest BCUT2D eigenvalue weighted by Crippen LogP contribution is 2.37. The van der Waals surface area contributed by atoms with E-state index in [0.717, 1.165) is 17.6 Å². The number of hydrogen-bond acceptors (Lipinski definition) is 3. The molecule has 0 unspecified atom stereocenters. The summed E-state index contributed by atoms with van der Waals surface area (Å²) in [6.07, 6.45) is 0.725. The highest BCUT2D eigenvalue weighted by molar-refractivity contribution is 6.74. The summed E-state index contributed by atoms with van der Waals surface area (Å²) >= 11 is 0. The Morgan fingerprint density at radius 1 is 1.41 bits per heavy atom. The molecule has 0 aliphatic rings. The Morgan fingerprint density at radius 2 is 2.00 bits per heavy atom. The van der Waals surface area contributed by atoms with Crippen molar-refractivity contribution in [3.05, 3.63) is 23.2 Å². The van der Waals surface area contributed by atoms with Crippen LogP contribution in [0.4, 0.5) is 0 Å². The van der Waals surface area contributed by atoms with Crippen molar-refractivity contribution in [3.8, 4) is 0 Å². The predicted octanol–water partition coefficient (Wildman–Crippen LogP) is 3.92. The summed E-state index contributed by atoms with van der Waals surface area (Å²) in [7, 11) is -1.76. The first-order valence-corrected chi connectivity index (χ1v) is 8.76. The van der Waals surface area contributed by atoms with Crippen LogP contribution in [0.25, 0.3) is 0 Å². The Labute approximate surface area is 104 Å². The summed E-state index contributed by atoms with van der Waals surface area (Å²) in [4.78, 5) is 10.6. The van der Waals surface area contributed by atoms with E-state index in [4.69, 9.17) is 8.84 Å². The van der Waals surface area contributed by atoms with Gasteiger partial charge in [-0.05, 0) is 36.7 Å². The molecule has 0 aromatic carbocycles. The van der Waals surface area contributed by atoms with E-state index < -0.39 is 8.32 Å². The first-order chi connectivity index (χ1) is 7.67. The van der Waals surface area contributed by atoms with E-state index in [0.29, 0.717) is 12.4 Å². The molecular weight excluding hydrogens is 232 g/mol. The monoisotopic (exact) mass is 254 g/mol. The fourth-order valence-electron chi connectivity index (χ4n) is 1.21. The zero-order valence-electron chi connectivity index (χ0n) is 11.6. The zero-order chi connectivity index (χ0) is 13.3. The zero-order valence-corrected chi connectivity index (χ0v) is 12.6. The average Bonchev–Trinajstić information content (AvgIpc) is 2.55. The molecule has 4 heteroatoms. The van der Waals surface area contributed by atoms with Crippen molar-refractivity contribution < 1.29 is 13.6 Å². The van der Waals surface area contributed by atoms with E-state index in [1.54, 1.807) is 6.07 Å². The Hall–Kier alpha value is -0.873. The van der Waals surface area contributed by atoms with Gasteiger partial charge in [0.15, 0.2) is 20.4 Å². The molecule has 0 aliphatic carbocycles. The van der Waals surface area contributed by atoms with Gasteiger partial charge in [0, 0.05) is 0 Å². The Balaban J connectivity index is 2.73. The first kappa shape index (κ1) is 14.2. The van der Waals surface area contributed by atoms with Crippen LogP contribution < -0.4 is 0 Å². The molecule has 3 nitrogen and oxygen atoms in total. The molecule has 0 N–H and O–H groups in total. The van der Waals surface area contributed by atoms with Crippen LogP contribution in [0.3, 0.4) is 0 Å². The van der Waals surface area contributed by atoms with Crippen molar-refractivity contribution in [1.29, 1.82) is 0 Å². The van der Waals surface area contributed by atoms with Crippen molar-refractivity contribution in [2.24, 2.45) is 0 Å². The van der Waals surface area contributed by atoms with Gasteiger partial charge in [-0.15, -0.1) is 0 Å². The van der Waals surface area contributed by atoms with Gasteiger partial charge in [0.25, 0.3) is 0 Å². The molecule has 0 radical (unpaired) electrons. The standard InChI is InChI=1S/C13H22O3Si/c1-10-7-11(8-14)16-12(10)9-15-17(5,6)13(2,3)4/h7-8H,9H2,1-6H3. The van der Waals surface area contributed by atoms with Crippen LogP contribution in [-0.4, -0.2) is 14.6 Å². The molecular formula is C13H22O3Si. The molecule has 0 saturated carbocycles. The predicted molar refractivity (Wildman–Crippen MR) is 70.8 cm³/mol. The summed E-state index contributed by atoms with van der Waals surface area (Å²) < 4.78 is 11.4. The van der Waals surface area contributed by atoms with E-state index in [1.165, 1.54) is 0 Å². The van der Waals surface area contributed by atoms with Gasteiger partial charge in [-0.3, -0.25) is 4.79 Å². The minimum absolute atomic E-state index is 0.182. The topological polar surface area (TPSA) is 39.4 Å². The average molecular weight is 254 g/mol. The van der Waals surface area contributed by atoms with Crippen LogP contribution in [0.1, 0.15) is 42.6 Å². The molecule has 1 rings (SSSR count). The summed E-state index contributed by atoms with van der Waals surface area (Å²) in [6, 6.07) is 1.75. The number of carbonyl (C=O) groups is 1. The molecule has 0 spiro atoms. The van der Waals surface area contributed by atoms with Crippen LogP contribution in [-0.2, 0) is 11.0 Å². The lowest BCUT2D eigenvalue weighted by atomic mass is 10.2. The van der Waals surface area contributed by atoms with Gasteiger partial charge in [0.2, 0.25) is 0 Å². The highest BCUT2D eigenvalue weighted by atomic mass is 28.4. The van der Waals surface area contributed by atoms with Gasteiger partial charge in [-0.2, -0.15) is 0 Å². The number of aldehydes is 1. The van der Waals surface area contributed by atoms with E-state index in [1.807, 2.05) is 6.92 Å². The lowest BCUT2D eigenvalue weighted by Crippen LogP contribution is -2.40. The quantitative estimate of drug-likeness (QED) is 0.604. The van der Waals surface area contributed by atoms with Crippen LogP contribution in [0.15, 0.2) is 10.5 Å². The molecule has 1 aromatic rings. The second-order valence-electron chi connectivity index (χ2n) is 5.92. The maximum Gasteiger partial charge on any atom is 0.192 e. The van der Waals surface area contributed by atoms with Crippen molar-refractivity contribution in [1.82, 2.24) is 0 Å². The minimum atomic E-state index is -1.76.